The first-order valence-electron chi connectivity index (χ1n) is 8.57. The zero-order chi connectivity index (χ0) is 21.8. The SMILES string of the molecule is CCc1ccc(-c2cnc3ccn(CC(=O)N(C)C)c3c2)s1.O=C(O)C(F)(F)F. The van der Waals surface area contributed by atoms with Gasteiger partial charge in [0.25, 0.3) is 0 Å². The van der Waals surface area contributed by atoms with Crippen LogP contribution >= 0.6 is 11.3 Å². The first-order chi connectivity index (χ1) is 13.5. The van der Waals surface area contributed by atoms with Gasteiger partial charge in [-0.05, 0) is 30.7 Å². The van der Waals surface area contributed by atoms with Crippen molar-refractivity contribution in [1.29, 1.82) is 0 Å². The lowest BCUT2D eigenvalue weighted by molar-refractivity contribution is -0.192. The zero-order valence-electron chi connectivity index (χ0n) is 16.0. The largest absolute Gasteiger partial charge is 0.490 e. The van der Waals surface area contributed by atoms with E-state index in [2.05, 4.69) is 30.1 Å². The van der Waals surface area contributed by atoms with Crippen molar-refractivity contribution in [2.45, 2.75) is 26.1 Å². The number of carbonyl (C=O) groups excluding carboxylic acids is 1. The molecule has 0 saturated carbocycles. The fourth-order valence-electron chi connectivity index (χ4n) is 2.35. The third-order valence-corrected chi connectivity index (χ3v) is 5.24. The molecule has 0 aliphatic carbocycles. The molecular weight excluding hydrogens is 407 g/mol. The maximum absolute atomic E-state index is 11.9. The van der Waals surface area contributed by atoms with Crippen LogP contribution in [0.2, 0.25) is 0 Å². The predicted molar refractivity (Wildman–Crippen MR) is 105 cm³/mol. The van der Waals surface area contributed by atoms with Crippen LogP contribution in [0.3, 0.4) is 0 Å². The van der Waals surface area contributed by atoms with Crippen LogP contribution in [0.15, 0.2) is 36.7 Å². The lowest BCUT2D eigenvalue weighted by Crippen LogP contribution is -2.25. The number of carbonyl (C=O) groups is 2. The maximum atomic E-state index is 11.9. The summed E-state index contributed by atoms with van der Waals surface area (Å²) in [6.07, 6.45) is -0.200. The molecule has 0 saturated heterocycles. The summed E-state index contributed by atoms with van der Waals surface area (Å²) in [6, 6.07) is 8.38. The average molecular weight is 427 g/mol. The van der Waals surface area contributed by atoms with E-state index in [0.29, 0.717) is 6.54 Å². The summed E-state index contributed by atoms with van der Waals surface area (Å²) in [4.78, 5) is 29.6. The summed E-state index contributed by atoms with van der Waals surface area (Å²) < 4.78 is 33.7. The molecule has 0 fully saturated rings. The lowest BCUT2D eigenvalue weighted by Gasteiger charge is -2.11. The van der Waals surface area contributed by atoms with Crippen LogP contribution < -0.4 is 0 Å². The molecule has 1 amide bonds. The molecule has 3 rings (SSSR count). The topological polar surface area (TPSA) is 75.4 Å². The molecule has 3 aromatic heterocycles. The lowest BCUT2D eigenvalue weighted by atomic mass is 10.2. The summed E-state index contributed by atoms with van der Waals surface area (Å²) in [6.45, 7) is 2.50. The smallest absolute Gasteiger partial charge is 0.475 e. The summed E-state index contributed by atoms with van der Waals surface area (Å²) in [5.74, 6) is -2.68. The molecular formula is C19H20F3N3O3S. The molecule has 0 bridgehead atoms. The standard InChI is InChI=1S/C17H19N3OS.C2HF3O2/c1-4-13-5-6-16(22-13)12-9-15-14(18-10-12)7-8-20(15)11-17(21)19(2)3;3-2(4,5)1(6)7/h5-10H,4,11H2,1-3H3;(H,6,7). The number of hydrogen-bond donors (Lipinski definition) is 1. The quantitative estimate of drug-likeness (QED) is 0.682. The number of aliphatic carboxylic acids is 1. The van der Waals surface area contributed by atoms with Gasteiger partial charge in [-0.1, -0.05) is 6.92 Å². The van der Waals surface area contributed by atoms with E-state index in [0.717, 1.165) is 23.0 Å². The van der Waals surface area contributed by atoms with Gasteiger partial charge in [-0.15, -0.1) is 11.3 Å². The van der Waals surface area contributed by atoms with Crippen LogP contribution in [-0.4, -0.2) is 51.7 Å². The van der Waals surface area contributed by atoms with E-state index >= 15 is 0 Å². The Hall–Kier alpha value is -2.88. The summed E-state index contributed by atoms with van der Waals surface area (Å²) in [7, 11) is 3.55. The number of thiophene rings is 1. The van der Waals surface area contributed by atoms with Crippen molar-refractivity contribution in [1.82, 2.24) is 14.5 Å². The minimum atomic E-state index is -5.08. The number of fused-ring (bicyclic) bond motifs is 1. The molecule has 10 heteroatoms. The van der Waals surface area contributed by atoms with Gasteiger partial charge in [0.2, 0.25) is 5.91 Å². The number of pyridine rings is 1. The van der Waals surface area contributed by atoms with E-state index in [1.54, 1.807) is 30.3 Å². The van der Waals surface area contributed by atoms with Gasteiger partial charge in [-0.25, -0.2) is 4.79 Å². The van der Waals surface area contributed by atoms with E-state index in [4.69, 9.17) is 9.90 Å². The second kappa shape index (κ2) is 9.08. The van der Waals surface area contributed by atoms with Crippen molar-refractivity contribution in [3.8, 4) is 10.4 Å². The van der Waals surface area contributed by atoms with Gasteiger partial charge in [-0.3, -0.25) is 9.78 Å². The van der Waals surface area contributed by atoms with Gasteiger partial charge in [0, 0.05) is 41.8 Å². The van der Waals surface area contributed by atoms with Crippen molar-refractivity contribution >= 4 is 34.2 Å². The van der Waals surface area contributed by atoms with Crippen molar-refractivity contribution in [2.24, 2.45) is 0 Å². The van der Waals surface area contributed by atoms with E-state index < -0.39 is 12.1 Å². The molecule has 0 unspecified atom stereocenters. The van der Waals surface area contributed by atoms with Crippen LogP contribution in [0.1, 0.15) is 11.8 Å². The monoisotopic (exact) mass is 427 g/mol. The highest BCUT2D eigenvalue weighted by Gasteiger charge is 2.38. The highest BCUT2D eigenvalue weighted by Crippen LogP contribution is 2.30. The van der Waals surface area contributed by atoms with Crippen molar-refractivity contribution in [3.05, 3.63) is 41.5 Å². The minimum Gasteiger partial charge on any atom is -0.475 e. The summed E-state index contributed by atoms with van der Waals surface area (Å²) in [5.41, 5.74) is 3.02. The minimum absolute atomic E-state index is 0.0762. The number of nitrogens with zero attached hydrogens (tertiary/aromatic N) is 3. The second-order valence-corrected chi connectivity index (χ2v) is 7.45. The highest BCUT2D eigenvalue weighted by molar-refractivity contribution is 7.15. The number of halogens is 3. The molecule has 0 spiro atoms. The van der Waals surface area contributed by atoms with E-state index in [9.17, 15) is 18.0 Å². The first kappa shape index (κ1) is 22.4. The molecule has 0 atom stereocenters. The van der Waals surface area contributed by atoms with Gasteiger partial charge < -0.3 is 14.6 Å². The van der Waals surface area contributed by atoms with E-state index in [1.165, 1.54) is 9.75 Å². The average Bonchev–Trinajstić information content (AvgIpc) is 3.28. The van der Waals surface area contributed by atoms with Crippen LogP contribution in [0, 0.1) is 0 Å². The molecule has 0 radical (unpaired) electrons. The maximum Gasteiger partial charge on any atom is 0.490 e. The Morgan fingerprint density at radius 2 is 1.90 bits per heavy atom. The Labute approximate surface area is 169 Å². The predicted octanol–water partition coefficient (Wildman–Crippen LogP) is 4.05. The molecule has 0 aliphatic rings. The van der Waals surface area contributed by atoms with E-state index in [1.807, 2.05) is 23.0 Å². The van der Waals surface area contributed by atoms with Gasteiger partial charge >= 0.3 is 12.1 Å². The fraction of sp³-hybridized carbons (Fsp3) is 0.316. The number of alkyl halides is 3. The van der Waals surface area contributed by atoms with Crippen molar-refractivity contribution in [3.63, 3.8) is 0 Å². The number of carboxylic acids is 1. The molecule has 0 aromatic carbocycles. The van der Waals surface area contributed by atoms with Crippen LogP contribution in [0.25, 0.3) is 21.5 Å². The number of carboxylic acid groups (broad SMARTS) is 1. The van der Waals surface area contributed by atoms with Crippen molar-refractivity contribution < 1.29 is 27.9 Å². The van der Waals surface area contributed by atoms with Gasteiger partial charge in [0.05, 0.1) is 11.0 Å². The number of amides is 1. The Morgan fingerprint density at radius 1 is 1.24 bits per heavy atom. The van der Waals surface area contributed by atoms with Crippen LogP contribution in [0.5, 0.6) is 0 Å². The van der Waals surface area contributed by atoms with Gasteiger partial charge in [0.1, 0.15) is 6.54 Å². The van der Waals surface area contributed by atoms with Crippen molar-refractivity contribution in [2.75, 3.05) is 14.1 Å². The summed E-state index contributed by atoms with van der Waals surface area (Å²) in [5, 5.41) is 7.12. The first-order valence-corrected chi connectivity index (χ1v) is 9.38. The fourth-order valence-corrected chi connectivity index (χ4v) is 3.27. The zero-order valence-corrected chi connectivity index (χ0v) is 16.8. The van der Waals surface area contributed by atoms with Gasteiger partial charge in [-0.2, -0.15) is 13.2 Å². The Balaban J connectivity index is 0.000000370. The number of aryl methyl sites for hydroxylation is 1. The van der Waals surface area contributed by atoms with E-state index in [-0.39, 0.29) is 5.91 Å². The van der Waals surface area contributed by atoms with Crippen LogP contribution in [0.4, 0.5) is 13.2 Å². The molecule has 6 nitrogen and oxygen atoms in total. The summed E-state index contributed by atoms with van der Waals surface area (Å²) >= 11 is 1.80. The molecule has 156 valence electrons. The number of rotatable bonds is 4. The Morgan fingerprint density at radius 3 is 2.41 bits per heavy atom. The van der Waals surface area contributed by atoms with Gasteiger partial charge in [0.15, 0.2) is 0 Å². The molecule has 0 aliphatic heterocycles. The molecule has 3 aromatic rings. The molecule has 29 heavy (non-hydrogen) atoms. The Bertz CT molecular complexity index is 1010. The van der Waals surface area contributed by atoms with Crippen LogP contribution in [-0.2, 0) is 22.6 Å². The number of hydrogen-bond acceptors (Lipinski definition) is 4. The molecule has 3 heterocycles. The third kappa shape index (κ3) is 5.80. The normalized spacial score (nSPS) is 11.1. The second-order valence-electron chi connectivity index (χ2n) is 6.28. The molecule has 1 N–H and O–H groups in total. The highest BCUT2D eigenvalue weighted by atomic mass is 32.1. The number of likely N-dealkylation sites (N-methyl/N-ethyl adjacent to an activating group) is 1. The third-order valence-electron chi connectivity index (χ3n) is 3.96. The Kier molecular flexibility index (Phi) is 7.02. The number of aromatic nitrogens is 2.